The molecule has 0 radical (unpaired) electrons. The average molecular weight is 417 g/mol. The monoisotopic (exact) mass is 416 g/mol. The zero-order valence-electron chi connectivity index (χ0n) is 15.8. The number of hydrogen-bond acceptors (Lipinski definition) is 4. The first-order valence-corrected chi connectivity index (χ1v) is 10.4. The molecule has 0 bridgehead atoms. The van der Waals surface area contributed by atoms with E-state index in [2.05, 4.69) is 0 Å². The molecule has 2 amide bonds. The average Bonchev–Trinajstić information content (AvgIpc) is 3.21. The SMILES string of the molecule is COCC(=O)N1CCS[C@@]12C(=O)N(Cc1ccc(C)cc1)c1ccc(Cl)cc12. The van der Waals surface area contributed by atoms with Gasteiger partial charge in [-0.05, 0) is 30.7 Å². The van der Waals surface area contributed by atoms with Gasteiger partial charge in [0.25, 0.3) is 5.91 Å². The quantitative estimate of drug-likeness (QED) is 0.764. The van der Waals surface area contributed by atoms with Crippen molar-refractivity contribution in [3.05, 3.63) is 64.2 Å². The van der Waals surface area contributed by atoms with Gasteiger partial charge < -0.3 is 14.5 Å². The Labute approximate surface area is 173 Å². The second-order valence-corrected chi connectivity index (χ2v) is 8.73. The van der Waals surface area contributed by atoms with E-state index < -0.39 is 4.87 Å². The lowest BCUT2D eigenvalue weighted by Gasteiger charge is -2.33. The molecule has 1 fully saturated rings. The number of amides is 2. The van der Waals surface area contributed by atoms with Crippen molar-refractivity contribution in [2.45, 2.75) is 18.3 Å². The molecule has 0 N–H and O–H groups in total. The molecule has 1 spiro atoms. The van der Waals surface area contributed by atoms with Crippen LogP contribution in [0.1, 0.15) is 16.7 Å². The number of rotatable bonds is 4. The van der Waals surface area contributed by atoms with E-state index in [4.69, 9.17) is 16.3 Å². The van der Waals surface area contributed by atoms with E-state index in [9.17, 15) is 9.59 Å². The van der Waals surface area contributed by atoms with Crippen LogP contribution in [0, 0.1) is 6.92 Å². The van der Waals surface area contributed by atoms with E-state index in [0.717, 1.165) is 16.8 Å². The summed E-state index contributed by atoms with van der Waals surface area (Å²) in [5.74, 6) is 0.396. The van der Waals surface area contributed by atoms with Gasteiger partial charge in [-0.3, -0.25) is 9.59 Å². The highest BCUT2D eigenvalue weighted by molar-refractivity contribution is 8.01. The zero-order valence-corrected chi connectivity index (χ0v) is 17.3. The number of fused-ring (bicyclic) bond motifs is 2. The molecule has 0 unspecified atom stereocenters. The first-order chi connectivity index (χ1) is 13.5. The van der Waals surface area contributed by atoms with Crippen LogP contribution in [0.25, 0.3) is 0 Å². The number of aryl methyl sites for hydroxylation is 1. The van der Waals surface area contributed by atoms with Gasteiger partial charge in [0.05, 0.1) is 12.2 Å². The molecule has 1 atom stereocenters. The Morgan fingerprint density at radius 1 is 1.25 bits per heavy atom. The standard InChI is InChI=1S/C21H21ClN2O3S/c1-14-3-5-15(6-4-14)12-23-18-8-7-16(22)11-17(18)21(20(23)26)24(9-10-28-21)19(25)13-27-2/h3-8,11H,9-10,12-13H2,1-2H3/t21-/m0/s1. The number of hydrogen-bond donors (Lipinski definition) is 0. The number of thioether (sulfide) groups is 1. The van der Waals surface area contributed by atoms with E-state index in [0.29, 0.717) is 23.9 Å². The lowest BCUT2D eigenvalue weighted by Crippen LogP contribution is -2.51. The highest BCUT2D eigenvalue weighted by atomic mass is 35.5. The molecule has 2 aliphatic rings. The summed E-state index contributed by atoms with van der Waals surface area (Å²) in [7, 11) is 1.48. The summed E-state index contributed by atoms with van der Waals surface area (Å²) >= 11 is 7.77. The minimum atomic E-state index is -1.07. The molecule has 1 saturated heterocycles. The van der Waals surface area contributed by atoms with Crippen LogP contribution >= 0.6 is 23.4 Å². The number of benzene rings is 2. The van der Waals surface area contributed by atoms with Crippen LogP contribution in [0.2, 0.25) is 5.02 Å². The van der Waals surface area contributed by atoms with Gasteiger partial charge in [-0.15, -0.1) is 11.8 Å². The third-order valence-corrected chi connectivity index (χ3v) is 6.84. The number of nitrogens with zero attached hydrogens (tertiary/aromatic N) is 2. The molecular formula is C21H21ClN2O3S. The minimum absolute atomic E-state index is 0.0521. The fraction of sp³-hybridized carbons (Fsp3) is 0.333. The van der Waals surface area contributed by atoms with Gasteiger partial charge in [0, 0.05) is 30.0 Å². The maximum absolute atomic E-state index is 13.7. The highest BCUT2D eigenvalue weighted by Crippen LogP contribution is 2.54. The van der Waals surface area contributed by atoms with Crippen molar-refractivity contribution in [3.63, 3.8) is 0 Å². The Balaban J connectivity index is 1.79. The van der Waals surface area contributed by atoms with Gasteiger partial charge in [-0.1, -0.05) is 41.4 Å². The van der Waals surface area contributed by atoms with Crippen LogP contribution < -0.4 is 4.90 Å². The van der Waals surface area contributed by atoms with E-state index in [1.54, 1.807) is 15.9 Å². The molecule has 2 heterocycles. The summed E-state index contributed by atoms with van der Waals surface area (Å²) in [6.45, 7) is 2.93. The van der Waals surface area contributed by atoms with Crippen molar-refractivity contribution in [1.82, 2.24) is 4.90 Å². The van der Waals surface area contributed by atoms with E-state index in [-0.39, 0.29) is 18.4 Å². The molecular weight excluding hydrogens is 396 g/mol. The number of anilines is 1. The van der Waals surface area contributed by atoms with Gasteiger partial charge in [-0.25, -0.2) is 0 Å². The first kappa shape index (κ1) is 19.3. The second-order valence-electron chi connectivity index (χ2n) is 7.01. The molecule has 146 valence electrons. The van der Waals surface area contributed by atoms with Gasteiger partial charge in [0.2, 0.25) is 5.91 Å². The van der Waals surface area contributed by atoms with Crippen molar-refractivity contribution in [3.8, 4) is 0 Å². The molecule has 0 saturated carbocycles. The Hall–Kier alpha value is -2.02. The summed E-state index contributed by atoms with van der Waals surface area (Å²) in [5, 5.41) is 0.551. The number of methoxy groups -OCH3 is 1. The van der Waals surface area contributed by atoms with Crippen molar-refractivity contribution in [2.24, 2.45) is 0 Å². The molecule has 2 aromatic rings. The van der Waals surface area contributed by atoms with Crippen LogP contribution in [0.3, 0.4) is 0 Å². The third kappa shape index (κ3) is 3.00. The number of ether oxygens (including phenoxy) is 1. The second kappa shape index (κ2) is 7.43. The molecule has 4 rings (SSSR count). The Morgan fingerprint density at radius 3 is 2.71 bits per heavy atom. The normalized spacial score (nSPS) is 20.9. The molecule has 7 heteroatoms. The smallest absolute Gasteiger partial charge is 0.268 e. The lowest BCUT2D eigenvalue weighted by atomic mass is 10.1. The van der Waals surface area contributed by atoms with Crippen LogP contribution in [0.5, 0.6) is 0 Å². The van der Waals surface area contributed by atoms with Crippen molar-refractivity contribution < 1.29 is 14.3 Å². The highest BCUT2D eigenvalue weighted by Gasteiger charge is 2.59. The largest absolute Gasteiger partial charge is 0.375 e. The van der Waals surface area contributed by atoms with Crippen molar-refractivity contribution in [1.29, 1.82) is 0 Å². The summed E-state index contributed by atoms with van der Waals surface area (Å²) in [5.41, 5.74) is 3.79. The Morgan fingerprint density at radius 2 is 2.00 bits per heavy atom. The molecule has 2 aromatic carbocycles. The van der Waals surface area contributed by atoms with Gasteiger partial charge in [-0.2, -0.15) is 0 Å². The summed E-state index contributed by atoms with van der Waals surface area (Å²) < 4.78 is 5.05. The third-order valence-electron chi connectivity index (χ3n) is 5.19. The number of carbonyl (C=O) groups excluding carboxylic acids is 2. The number of halogens is 1. The van der Waals surface area contributed by atoms with E-state index in [1.165, 1.54) is 24.4 Å². The van der Waals surface area contributed by atoms with Crippen molar-refractivity contribution >= 4 is 40.9 Å². The van der Waals surface area contributed by atoms with Gasteiger partial charge in [0.15, 0.2) is 4.87 Å². The molecule has 28 heavy (non-hydrogen) atoms. The maximum atomic E-state index is 13.7. The molecule has 0 aromatic heterocycles. The minimum Gasteiger partial charge on any atom is -0.375 e. The summed E-state index contributed by atoms with van der Waals surface area (Å²) in [6.07, 6.45) is 0. The summed E-state index contributed by atoms with van der Waals surface area (Å²) in [4.78, 5) is 28.8. The molecule has 5 nitrogen and oxygen atoms in total. The fourth-order valence-corrected chi connectivity index (χ4v) is 5.52. The maximum Gasteiger partial charge on any atom is 0.268 e. The Bertz CT molecular complexity index is 934. The van der Waals surface area contributed by atoms with Crippen molar-refractivity contribution in [2.75, 3.05) is 30.9 Å². The lowest BCUT2D eigenvalue weighted by molar-refractivity contribution is -0.143. The van der Waals surface area contributed by atoms with Gasteiger partial charge in [0.1, 0.15) is 6.61 Å². The predicted octanol–water partition coefficient (Wildman–Crippen LogP) is 3.57. The van der Waals surface area contributed by atoms with E-state index in [1.807, 2.05) is 43.3 Å². The zero-order chi connectivity index (χ0) is 19.9. The Kier molecular flexibility index (Phi) is 5.12. The van der Waals surface area contributed by atoms with E-state index >= 15 is 0 Å². The van der Waals surface area contributed by atoms with Gasteiger partial charge >= 0.3 is 0 Å². The van der Waals surface area contributed by atoms with Crippen LogP contribution in [0.4, 0.5) is 5.69 Å². The van der Waals surface area contributed by atoms with Crippen LogP contribution in [0.15, 0.2) is 42.5 Å². The first-order valence-electron chi connectivity index (χ1n) is 9.08. The molecule has 2 aliphatic heterocycles. The topological polar surface area (TPSA) is 49.9 Å². The fourth-order valence-electron chi connectivity index (χ4n) is 3.88. The number of carbonyl (C=O) groups is 2. The molecule has 0 aliphatic carbocycles. The summed E-state index contributed by atoms with van der Waals surface area (Å²) in [6, 6.07) is 13.6. The van der Waals surface area contributed by atoms with Crippen LogP contribution in [-0.2, 0) is 25.7 Å². The van der Waals surface area contributed by atoms with Crippen LogP contribution in [-0.4, -0.2) is 42.7 Å². The predicted molar refractivity (Wildman–Crippen MR) is 112 cm³/mol.